The van der Waals surface area contributed by atoms with E-state index in [-0.39, 0.29) is 17.4 Å². The van der Waals surface area contributed by atoms with E-state index in [1.54, 1.807) is 0 Å². The van der Waals surface area contributed by atoms with Crippen molar-refractivity contribution >= 4 is 0 Å². The van der Waals surface area contributed by atoms with Crippen molar-refractivity contribution in [2.45, 2.75) is 41.5 Å². The number of hydrogen-bond acceptors (Lipinski definition) is 0. The third kappa shape index (κ3) is 10.8. The number of benzene rings is 6. The van der Waals surface area contributed by atoms with Crippen LogP contribution in [0.3, 0.4) is 0 Å². The van der Waals surface area contributed by atoms with Crippen molar-refractivity contribution < 1.29 is 17.4 Å². The fourth-order valence-corrected chi connectivity index (χ4v) is 5.00. The second-order valence-corrected chi connectivity index (χ2v) is 11.6. The van der Waals surface area contributed by atoms with Crippen molar-refractivity contribution in [3.63, 3.8) is 0 Å². The molecular weight excluding hydrogens is 592 g/mol. The third-order valence-corrected chi connectivity index (χ3v) is 8.06. The molecule has 6 rings (SSSR count). The minimum atomic E-state index is 0. The minimum absolute atomic E-state index is 0. The average Bonchev–Trinajstić information content (AvgIpc) is 3.04. The molecule has 0 fully saturated rings. The van der Waals surface area contributed by atoms with Gasteiger partial charge in [0.15, 0.2) is 0 Å². The van der Waals surface area contributed by atoms with Crippen LogP contribution in [0, 0.1) is 60.8 Å². The van der Waals surface area contributed by atoms with Gasteiger partial charge in [0.1, 0.15) is 0 Å². The molecule has 46 heavy (non-hydrogen) atoms. The molecule has 1 heteroatoms. The molecule has 0 nitrogen and oxygen atoms in total. The molecule has 0 aliphatic rings. The largest absolute Gasteiger partial charge is 3.00 e. The first-order valence-electron chi connectivity index (χ1n) is 15.7. The van der Waals surface area contributed by atoms with Crippen LogP contribution in [0.5, 0.6) is 0 Å². The van der Waals surface area contributed by atoms with Gasteiger partial charge in [0.05, 0.1) is 0 Å². The Morgan fingerprint density at radius 2 is 0.370 bits per heavy atom. The Balaban J connectivity index is 0.000000186. The Morgan fingerprint density at radius 3 is 0.500 bits per heavy atom. The number of hydrogen-bond donors (Lipinski definition) is 0. The molecule has 231 valence electrons. The van der Waals surface area contributed by atoms with Gasteiger partial charge >= 0.3 is 17.4 Å². The molecule has 6 aromatic carbocycles. The molecule has 0 bridgehead atoms. The van der Waals surface area contributed by atoms with E-state index in [1.165, 1.54) is 66.8 Å². The Labute approximate surface area is 289 Å². The van der Waals surface area contributed by atoms with E-state index in [0.29, 0.717) is 0 Å². The summed E-state index contributed by atoms with van der Waals surface area (Å²) in [5, 5.41) is 0. The van der Waals surface area contributed by atoms with Gasteiger partial charge < -0.3 is 0 Å². The zero-order chi connectivity index (χ0) is 32.0. The van der Waals surface area contributed by atoms with Crippen molar-refractivity contribution in [1.82, 2.24) is 0 Å². The Hall–Kier alpha value is -4.54. The van der Waals surface area contributed by atoms with Gasteiger partial charge in [-0.25, -0.2) is 0 Å². The molecule has 0 aromatic heterocycles. The van der Waals surface area contributed by atoms with E-state index >= 15 is 0 Å². The maximum Gasteiger partial charge on any atom is 3.00 e. The van der Waals surface area contributed by atoms with Crippen LogP contribution in [0.4, 0.5) is 0 Å². The molecule has 6 aromatic rings. The van der Waals surface area contributed by atoms with Crippen molar-refractivity contribution in [3.05, 3.63) is 232 Å². The van der Waals surface area contributed by atoms with Crippen LogP contribution in [0.1, 0.15) is 66.8 Å². The van der Waals surface area contributed by atoms with Crippen LogP contribution in [0.2, 0.25) is 0 Å². The average molecular weight is 638 g/mol. The van der Waals surface area contributed by atoms with Gasteiger partial charge in [-0.1, -0.05) is 151 Å². The van der Waals surface area contributed by atoms with E-state index in [2.05, 4.69) is 206 Å². The molecule has 0 spiro atoms. The van der Waals surface area contributed by atoms with Gasteiger partial charge in [-0.3, -0.25) is 0 Å². The Kier molecular flexibility index (Phi) is 14.4. The fourth-order valence-electron chi connectivity index (χ4n) is 5.00. The minimum Gasteiger partial charge on any atom is -0.126 e. The van der Waals surface area contributed by atoms with E-state index in [9.17, 15) is 0 Å². The number of rotatable bonds is 6. The molecular formula is C45H45Cr. The van der Waals surface area contributed by atoms with E-state index in [4.69, 9.17) is 0 Å². The van der Waals surface area contributed by atoms with E-state index < -0.39 is 0 Å². The van der Waals surface area contributed by atoms with Crippen molar-refractivity contribution in [2.24, 2.45) is 0 Å². The van der Waals surface area contributed by atoms with Crippen LogP contribution in [-0.2, 0) is 17.4 Å². The van der Waals surface area contributed by atoms with Crippen molar-refractivity contribution in [1.29, 1.82) is 0 Å². The maximum atomic E-state index is 2.24. The van der Waals surface area contributed by atoms with Crippen molar-refractivity contribution in [2.75, 3.05) is 0 Å². The monoisotopic (exact) mass is 637 g/mol. The summed E-state index contributed by atoms with van der Waals surface area (Å²) in [5.41, 5.74) is 15.7. The van der Waals surface area contributed by atoms with Gasteiger partial charge in [-0.05, 0) is 0 Å². The van der Waals surface area contributed by atoms with Crippen LogP contribution in [-0.4, -0.2) is 0 Å². The summed E-state index contributed by atoms with van der Waals surface area (Å²) in [4.78, 5) is 0. The summed E-state index contributed by atoms with van der Waals surface area (Å²) in [6.45, 7) is 12.9. The molecule has 0 saturated carbocycles. The summed E-state index contributed by atoms with van der Waals surface area (Å²) in [6.07, 6.45) is 6.72. The van der Waals surface area contributed by atoms with Gasteiger partial charge in [-0.2, -0.15) is 0 Å². The molecule has 0 atom stereocenters. The predicted octanol–water partition coefficient (Wildman–Crippen LogP) is 11.7. The maximum absolute atomic E-state index is 2.24. The van der Waals surface area contributed by atoms with Crippen LogP contribution in [0.15, 0.2) is 146 Å². The zero-order valence-electron chi connectivity index (χ0n) is 28.0. The van der Waals surface area contributed by atoms with Crippen molar-refractivity contribution in [3.8, 4) is 0 Å². The van der Waals surface area contributed by atoms with Crippen LogP contribution in [0.25, 0.3) is 0 Å². The molecule has 0 amide bonds. The fraction of sp³-hybridized carbons (Fsp3) is 0.133. The first-order chi connectivity index (χ1) is 21.8. The quantitative estimate of drug-likeness (QED) is 0.159. The normalized spacial score (nSPS) is 9.78. The topological polar surface area (TPSA) is 0 Å². The summed E-state index contributed by atoms with van der Waals surface area (Å²) in [7, 11) is 0. The standard InChI is InChI=1S/3C15H15.Cr/c3*1-12-7-3-5-9-14(12)11-15-10-6-4-8-13(15)2;/h3*3-11H,1-2H3;/q3*-1;+3. The number of aryl methyl sites for hydroxylation is 6. The van der Waals surface area contributed by atoms with Gasteiger partial charge in [0.2, 0.25) is 0 Å². The molecule has 1 radical (unpaired) electrons. The summed E-state index contributed by atoms with van der Waals surface area (Å²) >= 11 is 0. The van der Waals surface area contributed by atoms with E-state index in [0.717, 1.165) is 0 Å². The summed E-state index contributed by atoms with van der Waals surface area (Å²) in [6, 6.07) is 50.7. The molecule has 0 heterocycles. The Morgan fingerprint density at radius 1 is 0.239 bits per heavy atom. The molecule has 0 saturated heterocycles. The molecule has 0 N–H and O–H groups in total. The van der Waals surface area contributed by atoms with Gasteiger partial charge in [0.25, 0.3) is 0 Å². The SMILES string of the molecule is Cc1ccccc1[CH-]c1ccccc1C.Cc1ccccc1[CH-]c1ccccc1C.Cc1ccccc1[CH-]c1ccccc1C.[Cr+3]. The van der Waals surface area contributed by atoms with Gasteiger partial charge in [0, 0.05) is 0 Å². The first-order valence-corrected chi connectivity index (χ1v) is 15.7. The predicted molar refractivity (Wildman–Crippen MR) is 195 cm³/mol. The molecule has 0 unspecified atom stereocenters. The smallest absolute Gasteiger partial charge is 0.126 e. The summed E-state index contributed by atoms with van der Waals surface area (Å²) in [5.74, 6) is 0. The zero-order valence-corrected chi connectivity index (χ0v) is 29.3. The second-order valence-electron chi connectivity index (χ2n) is 11.6. The van der Waals surface area contributed by atoms with Crippen LogP contribution >= 0.6 is 0 Å². The van der Waals surface area contributed by atoms with Gasteiger partial charge in [-0.15, -0.1) is 122 Å². The third-order valence-electron chi connectivity index (χ3n) is 8.06. The summed E-state index contributed by atoms with van der Waals surface area (Å²) < 4.78 is 0. The second kappa shape index (κ2) is 18.4. The molecule has 0 aliphatic carbocycles. The van der Waals surface area contributed by atoms with E-state index in [1.807, 2.05) is 0 Å². The van der Waals surface area contributed by atoms with Crippen LogP contribution < -0.4 is 0 Å². The molecule has 0 aliphatic heterocycles. The first kappa shape index (κ1) is 35.9. The Bertz CT molecular complexity index is 1450.